The summed E-state index contributed by atoms with van der Waals surface area (Å²) in [6.07, 6.45) is 6.77. The second-order valence-electron chi connectivity index (χ2n) is 8.06. The highest BCUT2D eigenvalue weighted by atomic mass is 127. The molecule has 0 aromatic heterocycles. The molecule has 25 heavy (non-hydrogen) atoms. The number of benzene rings is 1. The Morgan fingerprint density at radius 1 is 1.16 bits per heavy atom. The first-order valence-electron chi connectivity index (χ1n) is 10.2. The van der Waals surface area contributed by atoms with E-state index in [2.05, 4.69) is 72.5 Å². The summed E-state index contributed by atoms with van der Waals surface area (Å²) in [6.45, 7) is 11.3. The first-order chi connectivity index (χ1) is 12.1. The molecule has 3 rings (SSSR count). The van der Waals surface area contributed by atoms with Crippen LogP contribution in [0.2, 0.25) is 0 Å². The van der Waals surface area contributed by atoms with Crippen molar-refractivity contribution in [3.05, 3.63) is 33.4 Å². The molecule has 1 aromatic rings. The Morgan fingerprint density at radius 3 is 2.60 bits per heavy atom. The van der Waals surface area contributed by atoms with E-state index in [4.69, 9.17) is 4.74 Å². The molecule has 2 nitrogen and oxygen atoms in total. The fourth-order valence-electron chi connectivity index (χ4n) is 4.87. The molecule has 2 fully saturated rings. The van der Waals surface area contributed by atoms with Crippen molar-refractivity contribution >= 4 is 22.6 Å². The van der Waals surface area contributed by atoms with Crippen LogP contribution in [-0.2, 0) is 10.3 Å². The van der Waals surface area contributed by atoms with Crippen molar-refractivity contribution in [3.63, 3.8) is 0 Å². The van der Waals surface area contributed by atoms with E-state index >= 15 is 0 Å². The summed E-state index contributed by atoms with van der Waals surface area (Å²) in [5.74, 6) is 2.12. The molecular formula is C22H34INO. The third-order valence-electron chi connectivity index (χ3n) is 6.33. The van der Waals surface area contributed by atoms with Gasteiger partial charge in [-0.15, -0.1) is 0 Å². The van der Waals surface area contributed by atoms with Crippen LogP contribution in [0.5, 0.6) is 0 Å². The normalized spacial score (nSPS) is 30.0. The van der Waals surface area contributed by atoms with Crippen molar-refractivity contribution < 1.29 is 4.74 Å². The molecule has 0 saturated heterocycles. The lowest BCUT2D eigenvalue weighted by Crippen LogP contribution is -2.51. The minimum Gasteiger partial charge on any atom is -0.370 e. The van der Waals surface area contributed by atoms with Crippen LogP contribution >= 0.6 is 22.6 Å². The molecule has 3 unspecified atom stereocenters. The quantitative estimate of drug-likeness (QED) is 0.467. The maximum atomic E-state index is 6.67. The molecule has 0 heterocycles. The molecule has 3 heteroatoms. The van der Waals surface area contributed by atoms with Gasteiger partial charge in [-0.3, -0.25) is 0 Å². The summed E-state index contributed by atoms with van der Waals surface area (Å²) in [4.78, 5) is 2.70. The summed E-state index contributed by atoms with van der Waals surface area (Å²) in [5, 5.41) is 0. The predicted molar refractivity (Wildman–Crippen MR) is 114 cm³/mol. The van der Waals surface area contributed by atoms with E-state index in [-0.39, 0.29) is 5.60 Å². The molecule has 2 aliphatic carbocycles. The second kappa shape index (κ2) is 8.71. The average Bonchev–Trinajstić information content (AvgIpc) is 3.41. The first-order valence-corrected chi connectivity index (χ1v) is 11.3. The standard InChI is InChI=1S/C22H34INO/c1-4-24(15-18-12-13-18)16-20-10-6-8-17(3)22(20,25-5-2)19-9-7-11-21(23)14-19/h7,9,11,14,17-18,20H,4-6,8,10,12-13,15-16H2,1-3H3. The van der Waals surface area contributed by atoms with Crippen LogP contribution in [0.25, 0.3) is 0 Å². The van der Waals surface area contributed by atoms with Crippen molar-refractivity contribution in [1.29, 1.82) is 0 Å². The number of hydrogen-bond donors (Lipinski definition) is 0. The lowest BCUT2D eigenvalue weighted by atomic mass is 9.65. The van der Waals surface area contributed by atoms with Crippen LogP contribution in [0.4, 0.5) is 0 Å². The third kappa shape index (κ3) is 4.41. The molecule has 0 radical (unpaired) electrons. The highest BCUT2D eigenvalue weighted by Gasteiger charge is 2.48. The molecule has 0 aliphatic heterocycles. The molecule has 3 atom stereocenters. The zero-order valence-corrected chi connectivity index (χ0v) is 18.3. The highest BCUT2D eigenvalue weighted by Crippen LogP contribution is 2.49. The molecule has 140 valence electrons. The van der Waals surface area contributed by atoms with Crippen molar-refractivity contribution in [1.82, 2.24) is 4.90 Å². The van der Waals surface area contributed by atoms with Gasteiger partial charge >= 0.3 is 0 Å². The van der Waals surface area contributed by atoms with Crippen LogP contribution in [0.1, 0.15) is 58.4 Å². The van der Waals surface area contributed by atoms with Gasteiger partial charge in [0, 0.05) is 29.2 Å². The lowest BCUT2D eigenvalue weighted by Gasteiger charge is -2.50. The summed E-state index contributed by atoms with van der Waals surface area (Å²) < 4.78 is 7.99. The van der Waals surface area contributed by atoms with Gasteiger partial charge in [-0.2, -0.15) is 0 Å². The lowest BCUT2D eigenvalue weighted by molar-refractivity contribution is -0.150. The molecule has 0 bridgehead atoms. The monoisotopic (exact) mass is 455 g/mol. The van der Waals surface area contributed by atoms with E-state index in [0.29, 0.717) is 11.8 Å². The Kier molecular flexibility index (Phi) is 6.83. The van der Waals surface area contributed by atoms with Crippen LogP contribution in [0, 0.1) is 21.3 Å². The van der Waals surface area contributed by atoms with Gasteiger partial charge in [0.05, 0.1) is 5.60 Å². The zero-order chi connectivity index (χ0) is 17.9. The Morgan fingerprint density at radius 2 is 1.96 bits per heavy atom. The molecule has 1 aromatic carbocycles. The van der Waals surface area contributed by atoms with Crippen LogP contribution < -0.4 is 0 Å². The second-order valence-corrected chi connectivity index (χ2v) is 9.31. The molecular weight excluding hydrogens is 421 g/mol. The van der Waals surface area contributed by atoms with E-state index in [9.17, 15) is 0 Å². The van der Waals surface area contributed by atoms with Crippen molar-refractivity contribution in [2.45, 2.75) is 58.5 Å². The zero-order valence-electron chi connectivity index (χ0n) is 16.1. The summed E-state index contributed by atoms with van der Waals surface area (Å²) in [7, 11) is 0. The van der Waals surface area contributed by atoms with Crippen molar-refractivity contribution in [2.75, 3.05) is 26.2 Å². The van der Waals surface area contributed by atoms with Crippen molar-refractivity contribution in [2.24, 2.45) is 17.8 Å². The fourth-order valence-corrected chi connectivity index (χ4v) is 5.42. The largest absolute Gasteiger partial charge is 0.370 e. The van der Waals surface area contributed by atoms with E-state index in [1.165, 1.54) is 54.3 Å². The molecule has 2 saturated carbocycles. The SMILES string of the molecule is CCOC1(c2cccc(I)c2)C(C)CCCC1CN(CC)CC1CC1. The molecule has 2 aliphatic rings. The number of hydrogen-bond acceptors (Lipinski definition) is 2. The van der Waals surface area contributed by atoms with Gasteiger partial charge in [-0.1, -0.05) is 32.4 Å². The van der Waals surface area contributed by atoms with Gasteiger partial charge < -0.3 is 9.64 Å². The van der Waals surface area contributed by atoms with E-state index in [1.54, 1.807) is 0 Å². The Balaban J connectivity index is 1.91. The smallest absolute Gasteiger partial charge is 0.0997 e. The fraction of sp³-hybridized carbons (Fsp3) is 0.727. The summed E-state index contributed by atoms with van der Waals surface area (Å²) in [6, 6.07) is 9.07. The van der Waals surface area contributed by atoms with E-state index in [1.807, 2.05) is 0 Å². The summed E-state index contributed by atoms with van der Waals surface area (Å²) >= 11 is 2.44. The van der Waals surface area contributed by atoms with Gasteiger partial charge in [0.25, 0.3) is 0 Å². The van der Waals surface area contributed by atoms with Crippen molar-refractivity contribution in [3.8, 4) is 0 Å². The maximum absolute atomic E-state index is 6.67. The van der Waals surface area contributed by atoms with Gasteiger partial charge in [0.15, 0.2) is 0 Å². The first kappa shape index (κ1) is 19.6. The number of nitrogens with zero attached hydrogens (tertiary/aromatic N) is 1. The summed E-state index contributed by atoms with van der Waals surface area (Å²) in [5.41, 5.74) is 1.28. The third-order valence-corrected chi connectivity index (χ3v) is 7.00. The van der Waals surface area contributed by atoms with Crippen LogP contribution in [0.15, 0.2) is 24.3 Å². The minimum atomic E-state index is -0.120. The predicted octanol–water partition coefficient (Wildman–Crippen LogP) is 5.69. The van der Waals surface area contributed by atoms with Gasteiger partial charge in [-0.25, -0.2) is 0 Å². The van der Waals surface area contributed by atoms with Crippen LogP contribution in [-0.4, -0.2) is 31.1 Å². The Bertz CT molecular complexity index is 559. The molecule has 0 spiro atoms. The number of rotatable bonds is 8. The van der Waals surface area contributed by atoms with E-state index in [0.717, 1.165) is 19.1 Å². The van der Waals surface area contributed by atoms with Crippen LogP contribution in [0.3, 0.4) is 0 Å². The van der Waals surface area contributed by atoms with Gasteiger partial charge in [0.1, 0.15) is 0 Å². The van der Waals surface area contributed by atoms with E-state index < -0.39 is 0 Å². The van der Waals surface area contributed by atoms with Gasteiger partial charge in [0.2, 0.25) is 0 Å². The number of halogens is 1. The Hall–Kier alpha value is -0.130. The average molecular weight is 455 g/mol. The number of ether oxygens (including phenoxy) is 1. The highest BCUT2D eigenvalue weighted by molar-refractivity contribution is 14.1. The maximum Gasteiger partial charge on any atom is 0.0997 e. The Labute approximate surface area is 167 Å². The van der Waals surface area contributed by atoms with Gasteiger partial charge in [-0.05, 0) is 91.3 Å². The topological polar surface area (TPSA) is 12.5 Å². The molecule has 0 amide bonds. The minimum absolute atomic E-state index is 0.120. The molecule has 0 N–H and O–H groups in total.